The molecule has 0 saturated carbocycles. The smallest absolute Gasteiger partial charge is 0.261 e. The summed E-state index contributed by atoms with van der Waals surface area (Å²) in [5, 5.41) is 3.52. The third kappa shape index (κ3) is 8.42. The van der Waals surface area contributed by atoms with Crippen molar-refractivity contribution in [2.75, 3.05) is 27.4 Å². The molecule has 2 amide bonds. The Morgan fingerprint density at radius 2 is 1.50 bits per heavy atom. The molecule has 0 unspecified atom stereocenters. The van der Waals surface area contributed by atoms with Gasteiger partial charge in [-0.2, -0.15) is 0 Å². The molecule has 7 nitrogen and oxygen atoms in total. The first kappa shape index (κ1) is 28.9. The zero-order valence-corrected chi connectivity index (χ0v) is 23.0. The fraction of sp³-hybridized carbons (Fsp3) is 0.333. The Kier molecular flexibility index (Phi) is 10.8. The fourth-order valence-electron chi connectivity index (χ4n) is 3.88. The molecule has 0 aliphatic rings. The first-order chi connectivity index (χ1) is 18.3. The minimum absolute atomic E-state index is 0.149. The van der Waals surface area contributed by atoms with Gasteiger partial charge in [0.15, 0.2) is 6.61 Å². The van der Waals surface area contributed by atoms with Crippen LogP contribution >= 0.6 is 11.6 Å². The minimum atomic E-state index is -0.775. The molecule has 38 heavy (non-hydrogen) atoms. The number of amides is 2. The van der Waals surface area contributed by atoms with E-state index in [0.29, 0.717) is 35.2 Å². The molecule has 0 heterocycles. The number of halogens is 1. The zero-order valence-electron chi connectivity index (χ0n) is 22.3. The molecule has 0 aliphatic heterocycles. The molecule has 0 bridgehead atoms. The number of hydrogen-bond acceptors (Lipinski definition) is 5. The Morgan fingerprint density at radius 3 is 2.11 bits per heavy atom. The molecule has 1 N–H and O–H groups in total. The second kappa shape index (κ2) is 14.3. The molecule has 202 valence electrons. The number of hydrogen-bond donors (Lipinski definition) is 1. The highest BCUT2D eigenvalue weighted by molar-refractivity contribution is 6.31. The summed E-state index contributed by atoms with van der Waals surface area (Å²) in [5.41, 5.74) is 1.67. The van der Waals surface area contributed by atoms with Crippen LogP contribution < -0.4 is 19.5 Å². The van der Waals surface area contributed by atoms with E-state index in [-0.39, 0.29) is 30.9 Å². The van der Waals surface area contributed by atoms with E-state index >= 15 is 0 Å². The monoisotopic (exact) mass is 538 g/mol. The number of rotatable bonds is 13. The van der Waals surface area contributed by atoms with Crippen LogP contribution in [0.3, 0.4) is 0 Å². The second-order valence-corrected chi connectivity index (χ2v) is 9.70. The van der Waals surface area contributed by atoms with Gasteiger partial charge in [0.25, 0.3) is 5.91 Å². The zero-order chi connectivity index (χ0) is 27.5. The lowest BCUT2D eigenvalue weighted by molar-refractivity contribution is -0.142. The highest BCUT2D eigenvalue weighted by Crippen LogP contribution is 2.28. The van der Waals surface area contributed by atoms with E-state index in [2.05, 4.69) is 5.32 Å². The van der Waals surface area contributed by atoms with E-state index in [1.807, 2.05) is 62.4 Å². The average Bonchev–Trinajstić information content (AvgIpc) is 2.93. The van der Waals surface area contributed by atoms with E-state index in [9.17, 15) is 9.59 Å². The van der Waals surface area contributed by atoms with E-state index < -0.39 is 6.04 Å². The van der Waals surface area contributed by atoms with Gasteiger partial charge in [-0.3, -0.25) is 9.59 Å². The lowest BCUT2D eigenvalue weighted by Crippen LogP contribution is -2.52. The number of methoxy groups -OCH3 is 2. The molecule has 0 aromatic heterocycles. The maximum absolute atomic E-state index is 13.7. The average molecular weight is 539 g/mol. The van der Waals surface area contributed by atoms with E-state index in [1.54, 1.807) is 43.4 Å². The van der Waals surface area contributed by atoms with Gasteiger partial charge in [-0.05, 0) is 23.1 Å². The Hall–Kier alpha value is -3.71. The summed E-state index contributed by atoms with van der Waals surface area (Å²) in [4.78, 5) is 28.8. The van der Waals surface area contributed by atoms with Crippen molar-refractivity contribution < 1.29 is 23.8 Å². The maximum atomic E-state index is 13.7. The van der Waals surface area contributed by atoms with E-state index in [0.717, 1.165) is 11.1 Å². The van der Waals surface area contributed by atoms with Gasteiger partial charge in [0, 0.05) is 42.7 Å². The van der Waals surface area contributed by atoms with Crippen molar-refractivity contribution >= 4 is 23.4 Å². The van der Waals surface area contributed by atoms with E-state index in [1.165, 1.54) is 0 Å². The molecule has 0 aliphatic carbocycles. The summed E-state index contributed by atoms with van der Waals surface area (Å²) in [6, 6.07) is 21.2. The predicted octanol–water partition coefficient (Wildman–Crippen LogP) is 5.15. The van der Waals surface area contributed by atoms with Crippen molar-refractivity contribution in [2.24, 2.45) is 5.92 Å². The molecule has 8 heteroatoms. The second-order valence-electron chi connectivity index (χ2n) is 9.29. The summed E-state index contributed by atoms with van der Waals surface area (Å²) >= 11 is 6.46. The van der Waals surface area contributed by atoms with Gasteiger partial charge in [0.1, 0.15) is 23.3 Å². The normalized spacial score (nSPS) is 11.5. The van der Waals surface area contributed by atoms with Gasteiger partial charge in [-0.15, -0.1) is 0 Å². The van der Waals surface area contributed by atoms with Crippen LogP contribution in [-0.4, -0.2) is 50.1 Å². The Labute approximate surface area is 229 Å². The van der Waals surface area contributed by atoms with Crippen LogP contribution in [0.5, 0.6) is 17.2 Å². The lowest BCUT2D eigenvalue weighted by atomic mass is 10.0. The molecule has 0 fully saturated rings. The van der Waals surface area contributed by atoms with Gasteiger partial charge in [-0.1, -0.05) is 74.0 Å². The molecule has 3 rings (SSSR count). The molecule has 0 saturated heterocycles. The quantitative estimate of drug-likeness (QED) is 0.326. The van der Waals surface area contributed by atoms with Crippen molar-refractivity contribution in [2.45, 2.75) is 32.9 Å². The third-order valence-corrected chi connectivity index (χ3v) is 6.31. The minimum Gasteiger partial charge on any atom is -0.496 e. The molecule has 3 aromatic rings. The Morgan fingerprint density at radius 1 is 0.895 bits per heavy atom. The van der Waals surface area contributed by atoms with Crippen molar-refractivity contribution in [1.82, 2.24) is 10.2 Å². The summed E-state index contributed by atoms with van der Waals surface area (Å²) in [7, 11) is 3.08. The van der Waals surface area contributed by atoms with Crippen LogP contribution in [0.15, 0.2) is 72.8 Å². The predicted molar refractivity (Wildman–Crippen MR) is 149 cm³/mol. The number of carbonyl (C=O) groups is 2. The number of nitrogens with one attached hydrogen (secondary N) is 1. The van der Waals surface area contributed by atoms with Crippen LogP contribution in [-0.2, 0) is 22.6 Å². The van der Waals surface area contributed by atoms with Crippen LogP contribution in [0.2, 0.25) is 5.02 Å². The number of carbonyl (C=O) groups excluding carboxylic acids is 2. The first-order valence-corrected chi connectivity index (χ1v) is 12.9. The summed E-state index contributed by atoms with van der Waals surface area (Å²) in [5.74, 6) is 1.16. The Bertz CT molecular complexity index is 1180. The summed E-state index contributed by atoms with van der Waals surface area (Å²) in [6.07, 6.45) is 0.341. The summed E-state index contributed by atoms with van der Waals surface area (Å²) in [6.45, 7) is 4.41. The van der Waals surface area contributed by atoms with Gasteiger partial charge in [0.05, 0.1) is 14.2 Å². The fourth-order valence-corrected chi connectivity index (χ4v) is 4.07. The maximum Gasteiger partial charge on any atom is 0.261 e. The largest absolute Gasteiger partial charge is 0.496 e. The van der Waals surface area contributed by atoms with Crippen LogP contribution in [0.25, 0.3) is 0 Å². The highest BCUT2D eigenvalue weighted by Gasteiger charge is 2.31. The molecule has 3 aromatic carbocycles. The van der Waals surface area contributed by atoms with Gasteiger partial charge in [0.2, 0.25) is 5.91 Å². The molecule has 0 spiro atoms. The summed E-state index contributed by atoms with van der Waals surface area (Å²) < 4.78 is 16.5. The van der Waals surface area contributed by atoms with Crippen LogP contribution in [0.1, 0.15) is 25.0 Å². The standard InChI is InChI=1S/C30H35ClN2O5/c1-21(2)18-32-30(35)28(14-22-10-6-5-7-11-22)33(19-23-12-8-9-13-27(23)31)29(34)20-38-26-16-24(36-3)15-25(17-26)37-4/h5-13,15-17,21,28H,14,18-20H2,1-4H3,(H,32,35)/t28-/m0/s1. The number of benzene rings is 3. The first-order valence-electron chi connectivity index (χ1n) is 12.5. The van der Waals surface area contributed by atoms with Crippen molar-refractivity contribution in [3.05, 3.63) is 88.9 Å². The van der Waals surface area contributed by atoms with Crippen molar-refractivity contribution in [1.29, 1.82) is 0 Å². The third-order valence-electron chi connectivity index (χ3n) is 5.94. The lowest BCUT2D eigenvalue weighted by Gasteiger charge is -2.32. The topological polar surface area (TPSA) is 77.1 Å². The van der Waals surface area contributed by atoms with Crippen molar-refractivity contribution in [3.63, 3.8) is 0 Å². The molecular formula is C30H35ClN2O5. The number of nitrogens with zero attached hydrogens (tertiary/aromatic N) is 1. The van der Waals surface area contributed by atoms with Crippen LogP contribution in [0.4, 0.5) is 0 Å². The molecule has 1 atom stereocenters. The number of ether oxygens (including phenoxy) is 3. The van der Waals surface area contributed by atoms with Gasteiger partial charge >= 0.3 is 0 Å². The molecule has 0 radical (unpaired) electrons. The highest BCUT2D eigenvalue weighted by atomic mass is 35.5. The van der Waals surface area contributed by atoms with Gasteiger partial charge in [-0.25, -0.2) is 0 Å². The Balaban J connectivity index is 1.92. The molecular weight excluding hydrogens is 504 g/mol. The van der Waals surface area contributed by atoms with Gasteiger partial charge < -0.3 is 24.4 Å². The van der Waals surface area contributed by atoms with Crippen molar-refractivity contribution in [3.8, 4) is 17.2 Å². The SMILES string of the molecule is COc1cc(OC)cc(OCC(=O)N(Cc2ccccc2Cl)[C@@H](Cc2ccccc2)C(=O)NCC(C)C)c1. The van der Waals surface area contributed by atoms with E-state index in [4.69, 9.17) is 25.8 Å². The van der Waals surface area contributed by atoms with Crippen LogP contribution in [0, 0.1) is 5.92 Å².